The molecule has 1 aliphatic heterocycles. The normalized spacial score (nSPS) is 18.1. The summed E-state index contributed by atoms with van der Waals surface area (Å²) < 4.78 is 0.979. The van der Waals surface area contributed by atoms with Gasteiger partial charge in [0.1, 0.15) is 0 Å². The van der Waals surface area contributed by atoms with Crippen molar-refractivity contribution < 1.29 is 9.59 Å². The lowest BCUT2D eigenvalue weighted by atomic mass is 10.4. The highest BCUT2D eigenvalue weighted by atomic mass is 79.9. The molecule has 0 aromatic rings. The summed E-state index contributed by atoms with van der Waals surface area (Å²) in [6, 6.07) is 0. The van der Waals surface area contributed by atoms with Crippen molar-refractivity contribution >= 4 is 28.0 Å². The number of carbonyl (C=O) groups is 2. The number of imide groups is 1. The molecule has 0 atom stereocenters. The lowest BCUT2D eigenvalue weighted by Gasteiger charge is -1.97. The number of nitrogens with zero attached hydrogens (tertiary/aromatic N) is 2. The fraction of sp³-hybridized carbons (Fsp3) is 0.500. The second kappa shape index (κ2) is 2.93. The molecule has 1 heterocycles. The molecule has 9 heavy (non-hydrogen) atoms. The monoisotopic (exact) mass is 191 g/mol. The largest absolute Gasteiger partial charge is 0.274 e. The van der Waals surface area contributed by atoms with E-state index in [2.05, 4.69) is 16.1 Å². The van der Waals surface area contributed by atoms with E-state index in [1.807, 2.05) is 0 Å². The second-order valence-corrected chi connectivity index (χ2v) is 2.28. The van der Waals surface area contributed by atoms with Crippen molar-refractivity contribution in [2.75, 3.05) is 0 Å². The Balaban J connectivity index is 0.000000640. The van der Waals surface area contributed by atoms with Crippen molar-refractivity contribution in [3.05, 3.63) is 0 Å². The van der Waals surface area contributed by atoms with E-state index in [0.29, 0.717) is 12.8 Å². The Morgan fingerprint density at radius 3 is 1.67 bits per heavy atom. The van der Waals surface area contributed by atoms with Gasteiger partial charge in [0.05, 0.1) is 16.1 Å². The third-order valence-electron chi connectivity index (χ3n) is 0.991. The molecule has 5 heteroatoms. The molecule has 0 unspecified atom stereocenters. The van der Waals surface area contributed by atoms with Crippen LogP contribution in [-0.2, 0) is 9.59 Å². The third-order valence-corrected chi connectivity index (χ3v) is 1.78. The number of hydrogen-bond donors (Lipinski definition) is 0. The summed E-state index contributed by atoms with van der Waals surface area (Å²) in [5.41, 5.74) is 0. The average Bonchev–Trinajstić information content (AvgIpc) is 1.98. The maximum Gasteiger partial charge on any atom is 0.239 e. The van der Waals surface area contributed by atoms with E-state index in [0.717, 1.165) is 3.93 Å². The minimum atomic E-state index is -0.144. The summed E-state index contributed by atoms with van der Waals surface area (Å²) in [6.07, 6.45) is 0.703. The lowest BCUT2D eigenvalue weighted by Crippen LogP contribution is -2.16. The highest BCUT2D eigenvalue weighted by Crippen LogP contribution is 2.14. The van der Waals surface area contributed by atoms with Crippen LogP contribution in [0.5, 0.6) is 0 Å². The van der Waals surface area contributed by atoms with Crippen molar-refractivity contribution in [2.45, 2.75) is 12.8 Å². The van der Waals surface area contributed by atoms with Gasteiger partial charge in [-0.2, -0.15) is 0 Å². The second-order valence-electron chi connectivity index (χ2n) is 1.57. The van der Waals surface area contributed by atoms with E-state index >= 15 is 0 Å². The SMILES string of the molecule is O=C1CCC(=O)N1Br.[N]. The van der Waals surface area contributed by atoms with E-state index in [-0.39, 0.29) is 18.0 Å². The molecule has 0 spiro atoms. The lowest BCUT2D eigenvalue weighted by molar-refractivity contribution is -0.131. The van der Waals surface area contributed by atoms with Crippen LogP contribution in [0.25, 0.3) is 0 Å². The molecular formula is C4H4BrN2O2. The summed E-state index contributed by atoms with van der Waals surface area (Å²) in [4.78, 5) is 20.9. The van der Waals surface area contributed by atoms with Crippen molar-refractivity contribution in [2.24, 2.45) is 0 Å². The minimum absolute atomic E-state index is 0. The fourth-order valence-electron chi connectivity index (χ4n) is 0.549. The maximum absolute atomic E-state index is 10.4. The van der Waals surface area contributed by atoms with Gasteiger partial charge in [-0.3, -0.25) is 9.59 Å². The van der Waals surface area contributed by atoms with E-state index in [9.17, 15) is 9.59 Å². The molecule has 3 radical (unpaired) electrons. The van der Waals surface area contributed by atoms with Crippen LogP contribution in [0.4, 0.5) is 0 Å². The molecule has 49 valence electrons. The van der Waals surface area contributed by atoms with Gasteiger partial charge in [0.25, 0.3) is 0 Å². The van der Waals surface area contributed by atoms with Crippen LogP contribution in [0, 0.1) is 0 Å². The predicted molar refractivity (Wildman–Crippen MR) is 32.1 cm³/mol. The number of carbonyl (C=O) groups excluding carboxylic acids is 2. The van der Waals surface area contributed by atoms with Gasteiger partial charge in [0.2, 0.25) is 11.8 Å². The van der Waals surface area contributed by atoms with Crippen LogP contribution in [0.3, 0.4) is 0 Å². The predicted octanol–water partition coefficient (Wildman–Crippen LogP) is -0.0353. The van der Waals surface area contributed by atoms with Gasteiger partial charge in [-0.05, 0) is 0 Å². The maximum atomic E-state index is 10.4. The number of halogens is 1. The molecule has 1 fully saturated rings. The summed E-state index contributed by atoms with van der Waals surface area (Å²) >= 11 is 2.80. The first kappa shape index (κ1) is 8.58. The van der Waals surface area contributed by atoms with Crippen LogP contribution in [-0.4, -0.2) is 15.7 Å². The van der Waals surface area contributed by atoms with Gasteiger partial charge in [-0.15, -0.1) is 0 Å². The zero-order chi connectivity index (χ0) is 6.15. The van der Waals surface area contributed by atoms with Gasteiger partial charge in [-0.1, -0.05) is 0 Å². The standard InChI is InChI=1S/C4H4BrNO2.N/c5-6-3(7)1-2-4(6)8;/h1-2H2;. The minimum Gasteiger partial charge on any atom is -0.274 e. The van der Waals surface area contributed by atoms with Gasteiger partial charge in [0.15, 0.2) is 0 Å². The van der Waals surface area contributed by atoms with Gasteiger partial charge >= 0.3 is 0 Å². The molecule has 0 saturated carbocycles. The van der Waals surface area contributed by atoms with E-state index in [4.69, 9.17) is 0 Å². The summed E-state index contributed by atoms with van der Waals surface area (Å²) in [5.74, 6) is -0.287. The van der Waals surface area contributed by atoms with Gasteiger partial charge in [0, 0.05) is 19.0 Å². The molecule has 0 aromatic carbocycles. The van der Waals surface area contributed by atoms with Crippen molar-refractivity contribution in [3.63, 3.8) is 0 Å². The van der Waals surface area contributed by atoms with Gasteiger partial charge < -0.3 is 0 Å². The Labute approximate surface area is 61.1 Å². The first-order chi connectivity index (χ1) is 3.72. The van der Waals surface area contributed by atoms with E-state index < -0.39 is 0 Å². The molecule has 4 nitrogen and oxygen atoms in total. The fourth-order valence-corrected chi connectivity index (χ4v) is 0.904. The molecule has 0 bridgehead atoms. The summed E-state index contributed by atoms with van der Waals surface area (Å²) in [6.45, 7) is 0. The average molecular weight is 192 g/mol. The van der Waals surface area contributed by atoms with Crippen LogP contribution in [0.1, 0.15) is 12.8 Å². The summed E-state index contributed by atoms with van der Waals surface area (Å²) in [7, 11) is 0. The topological polar surface area (TPSA) is 67.9 Å². The molecule has 1 aliphatic rings. The van der Waals surface area contributed by atoms with E-state index in [1.165, 1.54) is 0 Å². The smallest absolute Gasteiger partial charge is 0.239 e. The summed E-state index contributed by atoms with van der Waals surface area (Å²) in [5, 5.41) is 0. The van der Waals surface area contributed by atoms with Crippen LogP contribution in [0.2, 0.25) is 0 Å². The molecular weight excluding hydrogens is 188 g/mol. The number of amides is 2. The quantitative estimate of drug-likeness (QED) is 0.399. The Kier molecular flexibility index (Phi) is 2.80. The number of hydrogen-bond acceptors (Lipinski definition) is 2. The first-order valence-corrected chi connectivity index (χ1v) is 2.94. The van der Waals surface area contributed by atoms with Crippen LogP contribution < -0.4 is 6.15 Å². The molecule has 0 N–H and O–H groups in total. The Hall–Kier alpha value is -0.420. The molecule has 1 saturated heterocycles. The third kappa shape index (κ3) is 1.49. The van der Waals surface area contributed by atoms with Crippen molar-refractivity contribution in [3.8, 4) is 0 Å². The molecule has 0 aromatic heterocycles. The van der Waals surface area contributed by atoms with Crippen LogP contribution in [0.15, 0.2) is 0 Å². The Bertz CT molecular complexity index is 132. The number of rotatable bonds is 0. The Morgan fingerprint density at radius 1 is 1.22 bits per heavy atom. The van der Waals surface area contributed by atoms with Gasteiger partial charge in [-0.25, -0.2) is 3.93 Å². The van der Waals surface area contributed by atoms with Crippen LogP contribution >= 0.6 is 16.1 Å². The van der Waals surface area contributed by atoms with Crippen molar-refractivity contribution in [1.29, 1.82) is 0 Å². The highest BCUT2D eigenvalue weighted by Gasteiger charge is 2.26. The first-order valence-electron chi connectivity index (χ1n) is 2.23. The molecule has 1 rings (SSSR count). The van der Waals surface area contributed by atoms with E-state index in [1.54, 1.807) is 0 Å². The molecule has 0 aliphatic carbocycles. The van der Waals surface area contributed by atoms with Crippen molar-refractivity contribution in [1.82, 2.24) is 10.1 Å². The molecule has 2 amide bonds. The highest BCUT2D eigenvalue weighted by molar-refractivity contribution is 9.08. The zero-order valence-electron chi connectivity index (χ0n) is 4.50. The zero-order valence-corrected chi connectivity index (χ0v) is 6.09. The Morgan fingerprint density at radius 2 is 1.56 bits per heavy atom.